The first-order valence-corrected chi connectivity index (χ1v) is 10.8. The Hall–Kier alpha value is -2.97. The topological polar surface area (TPSA) is 66.7 Å². The number of thiocarbonyl (C=S) groups is 1. The Kier molecular flexibility index (Phi) is 5.69. The summed E-state index contributed by atoms with van der Waals surface area (Å²) in [5.74, 6) is 0.253. The van der Waals surface area contributed by atoms with Crippen LogP contribution in [0.2, 0.25) is 0 Å². The van der Waals surface area contributed by atoms with Crippen LogP contribution in [0.5, 0.6) is 0 Å². The first-order valence-electron chi connectivity index (χ1n) is 9.54. The summed E-state index contributed by atoms with van der Waals surface area (Å²) in [5, 5.41) is 3.27. The third-order valence-corrected chi connectivity index (χ3v) is 6.19. The van der Waals surface area contributed by atoms with Crippen LogP contribution in [0.15, 0.2) is 58.4 Å². The van der Waals surface area contributed by atoms with Gasteiger partial charge in [-0.2, -0.15) is 0 Å². The number of nitrogens with one attached hydrogen (secondary N) is 1. The summed E-state index contributed by atoms with van der Waals surface area (Å²) < 4.78 is 1.97. The second-order valence-electron chi connectivity index (χ2n) is 6.87. The molecule has 1 amide bonds. The molecule has 1 saturated heterocycles. The Bertz CT molecular complexity index is 1230. The molecule has 0 saturated carbocycles. The zero-order chi connectivity index (χ0) is 21.3. The third-order valence-electron chi connectivity index (χ3n) is 4.81. The standard InChI is InChI=1S/C22H20N4O2S2/c1-3-25-21(28)17(30-22(25)29)12-16-19(23-13-15-9-7-14(2)8-10-15)24-18-6-4-5-11-26(18)20(16)27/h4-12,23H,3,13H2,1-2H3. The van der Waals surface area contributed by atoms with E-state index in [4.69, 9.17) is 12.2 Å². The number of amides is 1. The molecule has 2 aromatic heterocycles. The maximum atomic E-state index is 13.2. The molecule has 0 atom stereocenters. The molecule has 1 N–H and O–H groups in total. The van der Waals surface area contributed by atoms with E-state index in [2.05, 4.69) is 10.3 Å². The predicted octanol–water partition coefficient (Wildman–Crippen LogP) is 3.84. The minimum atomic E-state index is -0.242. The highest BCUT2D eigenvalue weighted by atomic mass is 32.2. The molecule has 0 bridgehead atoms. The Morgan fingerprint density at radius 3 is 2.63 bits per heavy atom. The number of carbonyl (C=O) groups excluding carboxylic acids is 1. The molecule has 3 heterocycles. The van der Waals surface area contributed by atoms with E-state index in [0.29, 0.717) is 39.3 Å². The minimum Gasteiger partial charge on any atom is -0.365 e. The van der Waals surface area contributed by atoms with E-state index in [1.165, 1.54) is 26.6 Å². The van der Waals surface area contributed by atoms with Gasteiger partial charge in [-0.25, -0.2) is 4.98 Å². The SMILES string of the molecule is CCN1C(=O)C(=Cc2c(NCc3ccc(C)cc3)nc3ccccn3c2=O)SC1=S. The lowest BCUT2D eigenvalue weighted by Crippen LogP contribution is -2.27. The number of fused-ring (bicyclic) bond motifs is 1. The predicted molar refractivity (Wildman–Crippen MR) is 126 cm³/mol. The number of thioether (sulfide) groups is 1. The molecule has 8 heteroatoms. The van der Waals surface area contributed by atoms with E-state index in [0.717, 1.165) is 5.56 Å². The van der Waals surface area contributed by atoms with Gasteiger partial charge in [0, 0.05) is 19.3 Å². The molecule has 6 nitrogen and oxygen atoms in total. The van der Waals surface area contributed by atoms with Crippen molar-refractivity contribution in [3.8, 4) is 0 Å². The van der Waals surface area contributed by atoms with E-state index >= 15 is 0 Å². The Balaban J connectivity index is 1.78. The van der Waals surface area contributed by atoms with Crippen LogP contribution in [0, 0.1) is 6.92 Å². The van der Waals surface area contributed by atoms with Gasteiger partial charge in [-0.05, 0) is 37.6 Å². The van der Waals surface area contributed by atoms with Gasteiger partial charge in [-0.3, -0.25) is 18.9 Å². The third kappa shape index (κ3) is 3.88. The van der Waals surface area contributed by atoms with E-state index in [-0.39, 0.29) is 11.5 Å². The molecule has 152 valence electrons. The van der Waals surface area contributed by atoms with Crippen molar-refractivity contribution in [3.05, 3.63) is 80.6 Å². The van der Waals surface area contributed by atoms with Crippen molar-refractivity contribution >= 4 is 51.7 Å². The normalized spacial score (nSPS) is 15.4. The van der Waals surface area contributed by atoms with Crippen molar-refractivity contribution in [3.63, 3.8) is 0 Å². The quantitative estimate of drug-likeness (QED) is 0.484. The van der Waals surface area contributed by atoms with Crippen LogP contribution in [-0.2, 0) is 11.3 Å². The monoisotopic (exact) mass is 436 g/mol. The molecular weight excluding hydrogens is 416 g/mol. The second kappa shape index (κ2) is 8.41. The van der Waals surface area contributed by atoms with Gasteiger partial charge in [0.2, 0.25) is 0 Å². The molecule has 1 fully saturated rings. The summed E-state index contributed by atoms with van der Waals surface area (Å²) in [7, 11) is 0. The maximum absolute atomic E-state index is 13.2. The van der Waals surface area contributed by atoms with Crippen molar-refractivity contribution in [2.75, 3.05) is 11.9 Å². The number of likely N-dealkylation sites (N-methyl/N-ethyl adjacent to an activating group) is 1. The largest absolute Gasteiger partial charge is 0.365 e. The van der Waals surface area contributed by atoms with E-state index in [1.807, 2.05) is 44.2 Å². The molecule has 0 spiro atoms. The molecule has 1 aliphatic rings. The zero-order valence-corrected chi connectivity index (χ0v) is 18.2. The molecular formula is C22H20N4O2S2. The number of anilines is 1. The first kappa shape index (κ1) is 20.3. The highest BCUT2D eigenvalue weighted by molar-refractivity contribution is 8.26. The van der Waals surface area contributed by atoms with Gasteiger partial charge in [-0.15, -0.1) is 0 Å². The average Bonchev–Trinajstić information content (AvgIpc) is 3.02. The van der Waals surface area contributed by atoms with Crippen molar-refractivity contribution < 1.29 is 4.79 Å². The molecule has 30 heavy (non-hydrogen) atoms. The Morgan fingerprint density at radius 2 is 1.93 bits per heavy atom. The van der Waals surface area contributed by atoms with Crippen LogP contribution < -0.4 is 10.9 Å². The Labute approximate surface area is 183 Å². The molecule has 3 aromatic rings. The summed E-state index contributed by atoms with van der Waals surface area (Å²) in [6.45, 7) is 4.91. The fourth-order valence-electron chi connectivity index (χ4n) is 3.16. The van der Waals surface area contributed by atoms with Crippen LogP contribution in [-0.4, -0.2) is 31.1 Å². The Morgan fingerprint density at radius 1 is 1.17 bits per heavy atom. The molecule has 0 unspecified atom stereocenters. The molecule has 4 rings (SSSR count). The smallest absolute Gasteiger partial charge is 0.267 e. The van der Waals surface area contributed by atoms with Crippen molar-refractivity contribution in [2.24, 2.45) is 0 Å². The number of hydrogen-bond donors (Lipinski definition) is 1. The molecule has 0 radical (unpaired) electrons. The fourth-order valence-corrected chi connectivity index (χ4v) is 4.53. The average molecular weight is 437 g/mol. The van der Waals surface area contributed by atoms with E-state index in [1.54, 1.807) is 24.4 Å². The van der Waals surface area contributed by atoms with Gasteiger partial charge in [0.05, 0.1) is 10.5 Å². The number of aromatic nitrogens is 2. The van der Waals surface area contributed by atoms with Crippen LogP contribution in [0.3, 0.4) is 0 Å². The van der Waals surface area contributed by atoms with Gasteiger partial charge in [0.1, 0.15) is 15.8 Å². The van der Waals surface area contributed by atoms with Gasteiger partial charge in [0.25, 0.3) is 11.5 Å². The van der Waals surface area contributed by atoms with Gasteiger partial charge < -0.3 is 5.32 Å². The van der Waals surface area contributed by atoms with E-state index in [9.17, 15) is 9.59 Å². The van der Waals surface area contributed by atoms with Gasteiger partial charge in [-0.1, -0.05) is 59.9 Å². The van der Waals surface area contributed by atoms with Gasteiger partial charge in [0.15, 0.2) is 0 Å². The maximum Gasteiger partial charge on any atom is 0.267 e. The number of nitrogens with zero attached hydrogens (tertiary/aromatic N) is 3. The number of carbonyl (C=O) groups is 1. The molecule has 1 aromatic carbocycles. The molecule has 0 aliphatic carbocycles. The number of aryl methyl sites for hydroxylation is 1. The van der Waals surface area contributed by atoms with Crippen molar-refractivity contribution in [1.82, 2.24) is 14.3 Å². The summed E-state index contributed by atoms with van der Waals surface area (Å²) >= 11 is 6.50. The molecule has 1 aliphatic heterocycles. The number of rotatable bonds is 5. The number of hydrogen-bond acceptors (Lipinski definition) is 6. The van der Waals surface area contributed by atoms with Crippen molar-refractivity contribution in [1.29, 1.82) is 0 Å². The summed E-state index contributed by atoms with van der Waals surface area (Å²) in [6, 6.07) is 13.5. The van der Waals surface area contributed by atoms with Crippen LogP contribution in [0.4, 0.5) is 5.82 Å². The number of benzene rings is 1. The van der Waals surface area contributed by atoms with Crippen molar-refractivity contribution in [2.45, 2.75) is 20.4 Å². The summed E-state index contributed by atoms with van der Waals surface area (Å²) in [5.41, 5.74) is 2.88. The highest BCUT2D eigenvalue weighted by Crippen LogP contribution is 2.32. The second-order valence-corrected chi connectivity index (χ2v) is 8.55. The van der Waals surface area contributed by atoms with Crippen LogP contribution in [0.25, 0.3) is 11.7 Å². The zero-order valence-electron chi connectivity index (χ0n) is 16.6. The fraction of sp³-hybridized carbons (Fsp3) is 0.182. The lowest BCUT2D eigenvalue weighted by atomic mass is 10.1. The van der Waals surface area contributed by atoms with E-state index < -0.39 is 0 Å². The lowest BCUT2D eigenvalue weighted by Gasteiger charge is -2.12. The minimum absolute atomic E-state index is 0.186. The first-order chi connectivity index (χ1) is 14.5. The number of pyridine rings is 1. The summed E-state index contributed by atoms with van der Waals surface area (Å²) in [6.07, 6.45) is 3.27. The van der Waals surface area contributed by atoms with Gasteiger partial charge >= 0.3 is 0 Å². The van der Waals surface area contributed by atoms with Crippen LogP contribution >= 0.6 is 24.0 Å². The van der Waals surface area contributed by atoms with Crippen LogP contribution in [0.1, 0.15) is 23.6 Å². The lowest BCUT2D eigenvalue weighted by molar-refractivity contribution is -0.121. The highest BCUT2D eigenvalue weighted by Gasteiger charge is 2.31. The summed E-state index contributed by atoms with van der Waals surface area (Å²) in [4.78, 5) is 32.4.